The third-order valence-electron chi connectivity index (χ3n) is 1.10. The van der Waals surface area contributed by atoms with Crippen LogP contribution in [-0.2, 0) is 6.18 Å². The van der Waals surface area contributed by atoms with Crippen LogP contribution in [0, 0.1) is 13.1 Å². The number of nitrogens with zero attached hydrogens (tertiary/aromatic N) is 2. The summed E-state index contributed by atoms with van der Waals surface area (Å²) >= 11 is 0. The average molecular weight is 161 g/mol. The zero-order valence-electron chi connectivity index (χ0n) is 5.61. The summed E-state index contributed by atoms with van der Waals surface area (Å²) in [6.45, 7) is 1.27. The van der Waals surface area contributed by atoms with Crippen LogP contribution in [0.1, 0.15) is 11.3 Å². The van der Waals surface area contributed by atoms with Gasteiger partial charge in [0.05, 0.1) is 6.20 Å². The fourth-order valence-corrected chi connectivity index (χ4v) is 0.648. The van der Waals surface area contributed by atoms with Crippen molar-refractivity contribution in [3.63, 3.8) is 0 Å². The molecule has 5 heteroatoms. The molecule has 0 aliphatic rings. The Morgan fingerprint density at radius 3 is 2.45 bits per heavy atom. The molecule has 0 bridgehead atoms. The highest BCUT2D eigenvalue weighted by atomic mass is 19.4. The molecule has 1 rings (SSSR count). The summed E-state index contributed by atoms with van der Waals surface area (Å²) in [7, 11) is 0. The molecule has 11 heavy (non-hydrogen) atoms. The summed E-state index contributed by atoms with van der Waals surface area (Å²) in [5, 5.41) is 0. The normalized spacial score (nSPS) is 11.6. The van der Waals surface area contributed by atoms with Crippen LogP contribution < -0.4 is 0 Å². The summed E-state index contributed by atoms with van der Waals surface area (Å²) in [6, 6.07) is 0. The molecule has 0 amide bonds. The number of aryl methyl sites for hydroxylation is 1. The second-order valence-electron chi connectivity index (χ2n) is 1.96. The summed E-state index contributed by atoms with van der Waals surface area (Å²) in [5.74, 6) is 0. The van der Waals surface area contributed by atoms with E-state index in [-0.39, 0.29) is 5.56 Å². The lowest BCUT2D eigenvalue weighted by Gasteiger charge is -2.05. The molecule has 1 aromatic heterocycles. The minimum absolute atomic E-state index is 0.0833. The van der Waals surface area contributed by atoms with E-state index in [1.165, 1.54) is 6.92 Å². The minimum Gasteiger partial charge on any atom is -0.234 e. The van der Waals surface area contributed by atoms with Gasteiger partial charge in [-0.3, -0.25) is 0 Å². The summed E-state index contributed by atoms with van der Waals surface area (Å²) < 4.78 is 35.8. The van der Waals surface area contributed by atoms with E-state index in [1.54, 1.807) is 0 Å². The van der Waals surface area contributed by atoms with E-state index in [9.17, 15) is 13.2 Å². The Hall–Kier alpha value is -1.13. The van der Waals surface area contributed by atoms with Crippen LogP contribution in [0.25, 0.3) is 0 Å². The quantitative estimate of drug-likeness (QED) is 0.577. The Kier molecular flexibility index (Phi) is 1.80. The Labute approximate surface area is 61.1 Å². The van der Waals surface area contributed by atoms with Crippen molar-refractivity contribution in [3.8, 4) is 0 Å². The second kappa shape index (κ2) is 2.48. The van der Waals surface area contributed by atoms with E-state index in [4.69, 9.17) is 0 Å². The van der Waals surface area contributed by atoms with Gasteiger partial charge in [0.2, 0.25) is 0 Å². The largest absolute Gasteiger partial charge is 0.433 e. The van der Waals surface area contributed by atoms with Gasteiger partial charge in [0, 0.05) is 5.56 Å². The van der Waals surface area contributed by atoms with Crippen LogP contribution >= 0.6 is 0 Å². The average Bonchev–Trinajstić information content (AvgIpc) is 1.86. The van der Waals surface area contributed by atoms with Crippen LogP contribution in [0.3, 0.4) is 0 Å². The first-order chi connectivity index (χ1) is 5.02. The van der Waals surface area contributed by atoms with Crippen LogP contribution in [0.2, 0.25) is 0 Å². The van der Waals surface area contributed by atoms with Gasteiger partial charge in [-0.25, -0.2) is 9.97 Å². The van der Waals surface area contributed by atoms with Gasteiger partial charge in [-0.1, -0.05) is 0 Å². The Balaban J connectivity index is 3.14. The molecule has 1 radical (unpaired) electrons. The van der Waals surface area contributed by atoms with Gasteiger partial charge >= 0.3 is 6.18 Å². The molecule has 0 aromatic carbocycles. The molecular weight excluding hydrogens is 157 g/mol. The van der Waals surface area contributed by atoms with Gasteiger partial charge in [0.1, 0.15) is 6.33 Å². The number of aromatic nitrogens is 2. The number of halogens is 3. The third kappa shape index (κ3) is 1.66. The Morgan fingerprint density at radius 1 is 1.45 bits per heavy atom. The van der Waals surface area contributed by atoms with Crippen molar-refractivity contribution >= 4 is 0 Å². The number of alkyl halides is 3. The van der Waals surface area contributed by atoms with Gasteiger partial charge in [-0.05, 0) is 6.92 Å². The highest BCUT2D eigenvalue weighted by Crippen LogP contribution is 2.28. The van der Waals surface area contributed by atoms with Gasteiger partial charge in [0.25, 0.3) is 0 Å². The fraction of sp³-hybridized carbons (Fsp3) is 0.333. The lowest BCUT2D eigenvalue weighted by molar-refractivity contribution is -0.141. The van der Waals surface area contributed by atoms with Crippen molar-refractivity contribution in [2.45, 2.75) is 13.1 Å². The molecule has 0 unspecified atom stereocenters. The molecule has 2 nitrogen and oxygen atoms in total. The molecule has 59 valence electrons. The maximum absolute atomic E-state index is 11.9. The fourth-order valence-electron chi connectivity index (χ4n) is 0.648. The molecule has 0 aliphatic heterocycles. The molecule has 0 aliphatic carbocycles. The molecule has 0 saturated heterocycles. The second-order valence-corrected chi connectivity index (χ2v) is 1.96. The smallest absolute Gasteiger partial charge is 0.234 e. The Morgan fingerprint density at radius 2 is 2.09 bits per heavy atom. The van der Waals surface area contributed by atoms with Crippen molar-refractivity contribution in [2.24, 2.45) is 0 Å². The number of hydrogen-bond donors (Lipinski definition) is 0. The maximum atomic E-state index is 11.9. The van der Waals surface area contributed by atoms with E-state index >= 15 is 0 Å². The van der Waals surface area contributed by atoms with Gasteiger partial charge in [-0.2, -0.15) is 13.2 Å². The summed E-state index contributed by atoms with van der Waals surface area (Å²) in [5.41, 5.74) is -1.01. The van der Waals surface area contributed by atoms with E-state index in [1.807, 2.05) is 0 Å². The van der Waals surface area contributed by atoms with Crippen LogP contribution in [0.15, 0.2) is 6.33 Å². The first-order valence-corrected chi connectivity index (χ1v) is 2.78. The number of rotatable bonds is 0. The molecule has 1 heterocycles. The minimum atomic E-state index is -4.40. The van der Waals surface area contributed by atoms with E-state index in [0.717, 1.165) is 6.33 Å². The van der Waals surface area contributed by atoms with Gasteiger partial charge in [0.15, 0.2) is 5.69 Å². The Bertz CT molecular complexity index is 256. The van der Waals surface area contributed by atoms with Crippen molar-refractivity contribution in [3.05, 3.63) is 23.8 Å². The maximum Gasteiger partial charge on any atom is 0.433 e. The van der Waals surface area contributed by atoms with E-state index in [2.05, 4.69) is 16.2 Å². The first kappa shape index (κ1) is 7.97. The van der Waals surface area contributed by atoms with Crippen molar-refractivity contribution in [1.29, 1.82) is 0 Å². The predicted octanol–water partition coefficient (Wildman–Crippen LogP) is 1.60. The molecule has 0 spiro atoms. The highest BCUT2D eigenvalue weighted by molar-refractivity contribution is 5.15. The molecule has 0 atom stereocenters. The predicted molar refractivity (Wildman–Crippen MR) is 30.6 cm³/mol. The standard InChI is InChI=1S/C6H4F3N2/c1-4-2-10-3-11-5(4)6(7,8)9/h3H,1H3. The lowest BCUT2D eigenvalue weighted by Crippen LogP contribution is -2.10. The highest BCUT2D eigenvalue weighted by Gasteiger charge is 2.34. The molecule has 0 N–H and O–H groups in total. The van der Waals surface area contributed by atoms with Crippen LogP contribution in [0.4, 0.5) is 13.2 Å². The van der Waals surface area contributed by atoms with Gasteiger partial charge in [-0.15, -0.1) is 0 Å². The van der Waals surface area contributed by atoms with E-state index in [0.29, 0.717) is 0 Å². The van der Waals surface area contributed by atoms with Crippen molar-refractivity contribution in [1.82, 2.24) is 9.97 Å². The topological polar surface area (TPSA) is 25.8 Å². The van der Waals surface area contributed by atoms with Crippen molar-refractivity contribution < 1.29 is 13.2 Å². The zero-order chi connectivity index (χ0) is 8.48. The summed E-state index contributed by atoms with van der Waals surface area (Å²) in [4.78, 5) is 6.40. The third-order valence-corrected chi connectivity index (χ3v) is 1.10. The van der Waals surface area contributed by atoms with Crippen LogP contribution in [0.5, 0.6) is 0 Å². The van der Waals surface area contributed by atoms with Crippen molar-refractivity contribution in [2.75, 3.05) is 0 Å². The first-order valence-electron chi connectivity index (χ1n) is 2.78. The molecule has 0 saturated carbocycles. The number of hydrogen-bond acceptors (Lipinski definition) is 2. The van der Waals surface area contributed by atoms with Crippen LogP contribution in [-0.4, -0.2) is 9.97 Å². The molecule has 0 fully saturated rings. The van der Waals surface area contributed by atoms with Gasteiger partial charge < -0.3 is 0 Å². The SMILES string of the molecule is Cc1[c]ncnc1C(F)(F)F. The van der Waals surface area contributed by atoms with E-state index < -0.39 is 11.9 Å². The molecule has 1 aromatic rings. The monoisotopic (exact) mass is 161 g/mol. The lowest BCUT2D eigenvalue weighted by atomic mass is 10.2. The summed E-state index contributed by atoms with van der Waals surface area (Å²) in [6.07, 6.45) is -1.40. The molecular formula is C6H4F3N2. The zero-order valence-corrected chi connectivity index (χ0v) is 5.61.